The summed E-state index contributed by atoms with van der Waals surface area (Å²) < 4.78 is 75.8. The molecule has 0 unspecified atom stereocenters. The van der Waals surface area contributed by atoms with Crippen molar-refractivity contribution in [3.63, 3.8) is 0 Å². The minimum Gasteiger partial charge on any atom is -0.276 e. The molecule has 0 atom stereocenters. The summed E-state index contributed by atoms with van der Waals surface area (Å²) in [6.07, 6.45) is -10.4. The molecule has 1 rings (SSSR count). The van der Waals surface area contributed by atoms with Gasteiger partial charge in [-0.1, -0.05) is 0 Å². The maximum Gasteiger partial charge on any atom is 0.417 e. The molecule has 110 valence electrons. The van der Waals surface area contributed by atoms with Gasteiger partial charge in [-0.05, 0) is 35.3 Å². The Kier molecular flexibility index (Phi) is 4.40. The molecule has 10 heteroatoms. The number of hydrogen-bond acceptors (Lipinski definition) is 2. The number of carbonyl (C=O) groups excluding carboxylic acids is 2. The smallest absolute Gasteiger partial charge is 0.276 e. The number of carbonyl (C=O) groups is 2. The summed E-state index contributed by atoms with van der Waals surface area (Å²) >= 11 is 9.69. The highest BCUT2D eigenvalue weighted by Crippen LogP contribution is 2.39. The number of halogens is 8. The lowest BCUT2D eigenvalue weighted by Gasteiger charge is -2.16. The zero-order valence-electron chi connectivity index (χ0n) is 8.99. The van der Waals surface area contributed by atoms with E-state index in [2.05, 4.69) is 0 Å². The van der Waals surface area contributed by atoms with Gasteiger partial charge in [0, 0.05) is 11.1 Å². The second kappa shape index (κ2) is 5.25. The van der Waals surface area contributed by atoms with Crippen LogP contribution in [0, 0.1) is 0 Å². The molecule has 1 aromatic carbocycles. The Hall–Kier alpha value is -1.28. The van der Waals surface area contributed by atoms with E-state index in [0.29, 0.717) is 0 Å². The fourth-order valence-corrected chi connectivity index (χ4v) is 1.71. The van der Waals surface area contributed by atoms with Gasteiger partial charge in [0.25, 0.3) is 10.5 Å². The first-order valence-corrected chi connectivity index (χ1v) is 5.33. The van der Waals surface area contributed by atoms with E-state index in [4.69, 9.17) is 23.2 Å². The second-order valence-electron chi connectivity index (χ2n) is 3.49. The molecule has 0 radical (unpaired) electrons. The first-order chi connectivity index (χ1) is 8.85. The van der Waals surface area contributed by atoms with E-state index < -0.39 is 45.1 Å². The number of rotatable bonds is 2. The van der Waals surface area contributed by atoms with E-state index in [1.165, 1.54) is 0 Å². The standard InChI is InChI=1S/C10H2Cl2F6O2/c11-7(19)3-1-5(9(13,14)15)4(8(12)20)2-6(3)10(16,17)18/h1-2H. The van der Waals surface area contributed by atoms with Gasteiger partial charge in [-0.25, -0.2) is 0 Å². The Labute approximate surface area is 117 Å². The van der Waals surface area contributed by atoms with Crippen molar-refractivity contribution in [2.75, 3.05) is 0 Å². The Morgan fingerprint density at radius 1 is 0.750 bits per heavy atom. The van der Waals surface area contributed by atoms with Crippen LogP contribution in [0.5, 0.6) is 0 Å². The van der Waals surface area contributed by atoms with Gasteiger partial charge in [-0.2, -0.15) is 26.3 Å². The highest BCUT2D eigenvalue weighted by Gasteiger charge is 2.41. The number of benzene rings is 1. The molecule has 2 nitrogen and oxygen atoms in total. The SMILES string of the molecule is O=C(Cl)c1cc(C(F)(F)F)c(C(=O)Cl)cc1C(F)(F)F. The molecule has 1 aromatic rings. The average Bonchev–Trinajstić information content (AvgIpc) is 2.24. The quantitative estimate of drug-likeness (QED) is 0.588. The molecule has 0 aliphatic rings. The molecule has 0 aliphatic carbocycles. The van der Waals surface area contributed by atoms with E-state index >= 15 is 0 Å². The van der Waals surface area contributed by atoms with Crippen LogP contribution < -0.4 is 0 Å². The minimum atomic E-state index is -5.18. The third kappa shape index (κ3) is 3.43. The van der Waals surface area contributed by atoms with Gasteiger partial charge >= 0.3 is 12.4 Å². The summed E-state index contributed by atoms with van der Waals surface area (Å²) in [6, 6.07) is -0.290. The minimum absolute atomic E-state index is 0.145. The van der Waals surface area contributed by atoms with Gasteiger partial charge in [0.1, 0.15) is 0 Å². The summed E-state index contributed by atoms with van der Waals surface area (Å²) in [6.45, 7) is 0. The number of alkyl halides is 6. The van der Waals surface area contributed by atoms with Gasteiger partial charge in [0.15, 0.2) is 0 Å². The average molecular weight is 339 g/mol. The maximum absolute atomic E-state index is 12.6. The van der Waals surface area contributed by atoms with Crippen molar-refractivity contribution in [2.24, 2.45) is 0 Å². The summed E-state index contributed by atoms with van der Waals surface area (Å²) in [4.78, 5) is 21.7. The van der Waals surface area contributed by atoms with Gasteiger partial charge in [-0.15, -0.1) is 0 Å². The fourth-order valence-electron chi connectivity index (χ4n) is 1.39. The van der Waals surface area contributed by atoms with Gasteiger partial charge < -0.3 is 0 Å². The van der Waals surface area contributed by atoms with Crippen molar-refractivity contribution in [3.05, 3.63) is 34.4 Å². The molecule has 0 heterocycles. The lowest BCUT2D eigenvalue weighted by atomic mass is 9.98. The van der Waals surface area contributed by atoms with Crippen molar-refractivity contribution >= 4 is 33.7 Å². The highest BCUT2D eigenvalue weighted by atomic mass is 35.5. The Bertz CT molecular complexity index is 525. The van der Waals surface area contributed by atoms with E-state index in [9.17, 15) is 35.9 Å². The van der Waals surface area contributed by atoms with E-state index in [-0.39, 0.29) is 12.1 Å². The summed E-state index contributed by atoms with van der Waals surface area (Å²) in [5.41, 5.74) is -6.36. The van der Waals surface area contributed by atoms with Crippen LogP contribution in [0.3, 0.4) is 0 Å². The van der Waals surface area contributed by atoms with Crippen LogP contribution in [-0.2, 0) is 12.4 Å². The third-order valence-electron chi connectivity index (χ3n) is 2.19. The summed E-state index contributed by atoms with van der Waals surface area (Å²) in [5, 5.41) is -3.48. The monoisotopic (exact) mass is 338 g/mol. The summed E-state index contributed by atoms with van der Waals surface area (Å²) in [7, 11) is 0. The predicted molar refractivity (Wildman–Crippen MR) is 56.8 cm³/mol. The molecular formula is C10H2Cl2F6O2. The Morgan fingerprint density at radius 3 is 1.15 bits per heavy atom. The van der Waals surface area contributed by atoms with E-state index in [1.54, 1.807) is 0 Å². The van der Waals surface area contributed by atoms with Crippen LogP contribution >= 0.6 is 23.2 Å². The molecule has 0 saturated carbocycles. The second-order valence-corrected chi connectivity index (χ2v) is 4.17. The molecular weight excluding hydrogens is 337 g/mol. The van der Waals surface area contributed by atoms with Crippen molar-refractivity contribution in [2.45, 2.75) is 12.4 Å². The number of hydrogen-bond donors (Lipinski definition) is 0. The molecule has 0 N–H and O–H groups in total. The van der Waals surface area contributed by atoms with E-state index in [1.807, 2.05) is 0 Å². The highest BCUT2D eigenvalue weighted by molar-refractivity contribution is 6.68. The van der Waals surface area contributed by atoms with Crippen molar-refractivity contribution < 1.29 is 35.9 Å². The predicted octanol–water partition coefficient (Wildman–Crippen LogP) is 4.48. The molecule has 0 spiro atoms. The van der Waals surface area contributed by atoms with Crippen LogP contribution in [0.1, 0.15) is 31.8 Å². The first-order valence-electron chi connectivity index (χ1n) is 4.57. The van der Waals surface area contributed by atoms with Crippen LogP contribution in [0.25, 0.3) is 0 Å². The Balaban J connectivity index is 3.79. The van der Waals surface area contributed by atoms with Crippen LogP contribution in [0.15, 0.2) is 12.1 Å². The lowest BCUT2D eigenvalue weighted by molar-refractivity contribution is -0.141. The zero-order valence-corrected chi connectivity index (χ0v) is 10.5. The maximum atomic E-state index is 12.6. The molecule has 0 fully saturated rings. The first kappa shape index (κ1) is 16.8. The molecule has 0 saturated heterocycles. The molecule has 0 bridgehead atoms. The molecule has 0 aliphatic heterocycles. The zero-order chi connectivity index (χ0) is 15.9. The van der Waals surface area contributed by atoms with Gasteiger partial charge in [0.2, 0.25) is 0 Å². The molecule has 0 amide bonds. The van der Waals surface area contributed by atoms with Crippen LogP contribution in [0.2, 0.25) is 0 Å². The molecule has 20 heavy (non-hydrogen) atoms. The van der Waals surface area contributed by atoms with Crippen molar-refractivity contribution in [1.29, 1.82) is 0 Å². The lowest BCUT2D eigenvalue weighted by Crippen LogP contribution is -2.18. The fraction of sp³-hybridized carbons (Fsp3) is 0.200. The normalized spacial score (nSPS) is 12.4. The third-order valence-corrected chi connectivity index (χ3v) is 2.60. The van der Waals surface area contributed by atoms with Gasteiger partial charge in [0.05, 0.1) is 11.1 Å². The molecule has 0 aromatic heterocycles. The summed E-state index contributed by atoms with van der Waals surface area (Å²) in [5.74, 6) is 0. The Morgan fingerprint density at radius 2 is 1.00 bits per heavy atom. The van der Waals surface area contributed by atoms with Crippen LogP contribution in [0.4, 0.5) is 26.3 Å². The van der Waals surface area contributed by atoms with E-state index in [0.717, 1.165) is 0 Å². The topological polar surface area (TPSA) is 34.1 Å². The van der Waals surface area contributed by atoms with Gasteiger partial charge in [-0.3, -0.25) is 9.59 Å². The largest absolute Gasteiger partial charge is 0.417 e. The van der Waals surface area contributed by atoms with Crippen LogP contribution in [-0.4, -0.2) is 10.5 Å². The van der Waals surface area contributed by atoms with Crippen molar-refractivity contribution in [1.82, 2.24) is 0 Å². The van der Waals surface area contributed by atoms with Crippen molar-refractivity contribution in [3.8, 4) is 0 Å².